The zero-order valence-electron chi connectivity index (χ0n) is 15.6. The summed E-state index contributed by atoms with van der Waals surface area (Å²) >= 11 is 6.62. The minimum absolute atomic E-state index is 0.0933. The Morgan fingerprint density at radius 1 is 0.800 bits per heavy atom. The van der Waals surface area contributed by atoms with Gasteiger partial charge in [-0.25, -0.2) is 4.79 Å². The van der Waals surface area contributed by atoms with Gasteiger partial charge in [-0.2, -0.15) is 0 Å². The van der Waals surface area contributed by atoms with E-state index in [0.29, 0.717) is 31.2 Å². The SMILES string of the molecule is O=C(N[C@H](Cc1ccc(C(=O)c2ccccc2)cc1)C(=O)O)c1cc(Br)cc(Br)c1. The summed E-state index contributed by atoms with van der Waals surface area (Å²) in [5.41, 5.74) is 2.13. The number of carboxylic acid groups (broad SMARTS) is 1. The Labute approximate surface area is 190 Å². The quantitative estimate of drug-likeness (QED) is 0.427. The standard InChI is InChI=1S/C23H17Br2NO4/c24-18-11-17(12-19(25)13-18)22(28)26-20(23(29)30)10-14-6-8-16(9-7-14)21(27)15-4-2-1-3-5-15/h1-9,11-13,20H,10H2,(H,26,28)(H,29,30)/t20-/m1/s1. The third-order valence-corrected chi connectivity index (χ3v) is 5.34. The molecular weight excluding hydrogens is 514 g/mol. The van der Waals surface area contributed by atoms with Gasteiger partial charge in [-0.15, -0.1) is 0 Å². The Bertz CT molecular complexity index is 1060. The van der Waals surface area contributed by atoms with E-state index in [4.69, 9.17) is 0 Å². The molecule has 3 aromatic rings. The van der Waals surface area contributed by atoms with Crippen LogP contribution in [-0.4, -0.2) is 28.8 Å². The number of aliphatic carboxylic acids is 1. The van der Waals surface area contributed by atoms with Gasteiger partial charge in [0.05, 0.1) is 0 Å². The lowest BCUT2D eigenvalue weighted by Crippen LogP contribution is -2.42. The average Bonchev–Trinajstić information content (AvgIpc) is 2.73. The lowest BCUT2D eigenvalue weighted by atomic mass is 9.99. The van der Waals surface area contributed by atoms with Crippen LogP contribution >= 0.6 is 31.9 Å². The van der Waals surface area contributed by atoms with E-state index in [-0.39, 0.29) is 12.2 Å². The minimum Gasteiger partial charge on any atom is -0.480 e. The van der Waals surface area contributed by atoms with Crippen molar-refractivity contribution in [2.75, 3.05) is 0 Å². The highest BCUT2D eigenvalue weighted by Crippen LogP contribution is 2.20. The lowest BCUT2D eigenvalue weighted by Gasteiger charge is -2.15. The molecule has 5 nitrogen and oxygen atoms in total. The van der Waals surface area contributed by atoms with Gasteiger partial charge in [-0.1, -0.05) is 86.5 Å². The number of hydrogen-bond donors (Lipinski definition) is 2. The van der Waals surface area contributed by atoms with Gasteiger partial charge in [-0.05, 0) is 23.8 Å². The minimum atomic E-state index is -1.14. The highest BCUT2D eigenvalue weighted by Gasteiger charge is 2.22. The van der Waals surface area contributed by atoms with Gasteiger partial charge in [0, 0.05) is 32.1 Å². The van der Waals surface area contributed by atoms with E-state index in [1.807, 2.05) is 6.07 Å². The average molecular weight is 531 g/mol. The van der Waals surface area contributed by atoms with Crippen molar-refractivity contribution in [1.82, 2.24) is 5.32 Å². The molecule has 0 spiro atoms. The molecule has 0 fully saturated rings. The van der Waals surface area contributed by atoms with Crippen molar-refractivity contribution in [3.63, 3.8) is 0 Å². The van der Waals surface area contributed by atoms with E-state index in [0.717, 1.165) is 0 Å². The second-order valence-corrected chi connectivity index (χ2v) is 8.45. The highest BCUT2D eigenvalue weighted by molar-refractivity contribution is 9.11. The monoisotopic (exact) mass is 529 g/mol. The van der Waals surface area contributed by atoms with Crippen LogP contribution in [0.2, 0.25) is 0 Å². The third kappa shape index (κ3) is 5.64. The molecule has 1 amide bonds. The van der Waals surface area contributed by atoms with Crippen molar-refractivity contribution in [3.05, 3.63) is 104 Å². The van der Waals surface area contributed by atoms with Gasteiger partial charge < -0.3 is 10.4 Å². The number of ketones is 1. The molecule has 0 aliphatic carbocycles. The van der Waals surface area contributed by atoms with E-state index in [9.17, 15) is 19.5 Å². The van der Waals surface area contributed by atoms with Gasteiger partial charge in [0.1, 0.15) is 6.04 Å². The van der Waals surface area contributed by atoms with Gasteiger partial charge >= 0.3 is 5.97 Å². The zero-order valence-corrected chi connectivity index (χ0v) is 18.8. The van der Waals surface area contributed by atoms with E-state index >= 15 is 0 Å². The maximum absolute atomic E-state index is 12.5. The molecule has 0 saturated carbocycles. The van der Waals surface area contributed by atoms with Crippen LogP contribution in [-0.2, 0) is 11.2 Å². The molecule has 0 saturated heterocycles. The predicted molar refractivity (Wildman–Crippen MR) is 121 cm³/mol. The Morgan fingerprint density at radius 3 is 1.93 bits per heavy atom. The smallest absolute Gasteiger partial charge is 0.326 e. The number of halogens is 2. The molecule has 0 aromatic heterocycles. The molecule has 152 valence electrons. The van der Waals surface area contributed by atoms with Gasteiger partial charge in [0.2, 0.25) is 0 Å². The number of rotatable bonds is 7. The van der Waals surface area contributed by atoms with Crippen molar-refractivity contribution in [3.8, 4) is 0 Å². The molecule has 2 N–H and O–H groups in total. The summed E-state index contributed by atoms with van der Waals surface area (Å²) < 4.78 is 1.40. The van der Waals surface area contributed by atoms with Crippen LogP contribution in [0.15, 0.2) is 81.7 Å². The third-order valence-electron chi connectivity index (χ3n) is 4.42. The fraction of sp³-hybridized carbons (Fsp3) is 0.0870. The molecule has 0 aliphatic rings. The fourth-order valence-corrected chi connectivity index (χ4v) is 4.20. The number of amides is 1. The first kappa shape index (κ1) is 21.9. The van der Waals surface area contributed by atoms with E-state index in [2.05, 4.69) is 37.2 Å². The Balaban J connectivity index is 1.71. The van der Waals surface area contributed by atoms with Crippen molar-refractivity contribution >= 4 is 49.5 Å². The topological polar surface area (TPSA) is 83.5 Å². The number of nitrogens with one attached hydrogen (secondary N) is 1. The van der Waals surface area contributed by atoms with Gasteiger partial charge in [0.15, 0.2) is 5.78 Å². The van der Waals surface area contributed by atoms with Crippen LogP contribution < -0.4 is 5.32 Å². The predicted octanol–water partition coefficient (Wildman–Crippen LogP) is 4.87. The molecule has 0 aliphatic heterocycles. The number of hydrogen-bond acceptors (Lipinski definition) is 3. The summed E-state index contributed by atoms with van der Waals surface area (Å²) in [6, 6.07) is 19.6. The van der Waals surface area contributed by atoms with Crippen LogP contribution in [0, 0.1) is 0 Å². The summed E-state index contributed by atoms with van der Waals surface area (Å²) in [5.74, 6) is -1.73. The summed E-state index contributed by atoms with van der Waals surface area (Å²) in [7, 11) is 0. The number of carbonyl (C=O) groups excluding carboxylic acids is 2. The highest BCUT2D eigenvalue weighted by atomic mass is 79.9. The molecule has 7 heteroatoms. The fourth-order valence-electron chi connectivity index (χ4n) is 2.91. The normalized spacial score (nSPS) is 11.5. The first-order valence-corrected chi connectivity index (χ1v) is 10.6. The summed E-state index contributed by atoms with van der Waals surface area (Å²) in [6.07, 6.45) is 0.0933. The number of carbonyl (C=O) groups is 3. The number of benzene rings is 3. The first-order chi connectivity index (χ1) is 14.3. The van der Waals surface area contributed by atoms with Crippen LogP contribution in [0.4, 0.5) is 0 Å². The molecule has 0 unspecified atom stereocenters. The van der Waals surface area contributed by atoms with Crippen molar-refractivity contribution in [2.24, 2.45) is 0 Å². The molecular formula is C23H17Br2NO4. The maximum Gasteiger partial charge on any atom is 0.326 e. The zero-order chi connectivity index (χ0) is 21.7. The van der Waals surface area contributed by atoms with Crippen LogP contribution in [0.1, 0.15) is 31.8 Å². The summed E-state index contributed by atoms with van der Waals surface area (Å²) in [6.45, 7) is 0. The lowest BCUT2D eigenvalue weighted by molar-refractivity contribution is -0.139. The van der Waals surface area contributed by atoms with Crippen LogP contribution in [0.5, 0.6) is 0 Å². The molecule has 0 radical (unpaired) electrons. The van der Waals surface area contributed by atoms with E-state index in [1.165, 1.54) is 0 Å². The molecule has 30 heavy (non-hydrogen) atoms. The van der Waals surface area contributed by atoms with Gasteiger partial charge in [0.25, 0.3) is 5.91 Å². The molecule has 0 bridgehead atoms. The first-order valence-electron chi connectivity index (χ1n) is 9.02. The van der Waals surface area contributed by atoms with Crippen LogP contribution in [0.25, 0.3) is 0 Å². The van der Waals surface area contributed by atoms with Crippen molar-refractivity contribution in [1.29, 1.82) is 0 Å². The van der Waals surface area contributed by atoms with Crippen molar-refractivity contribution in [2.45, 2.75) is 12.5 Å². The second-order valence-electron chi connectivity index (χ2n) is 6.62. The van der Waals surface area contributed by atoms with Gasteiger partial charge in [-0.3, -0.25) is 9.59 Å². The molecule has 1 atom stereocenters. The largest absolute Gasteiger partial charge is 0.480 e. The number of carboxylic acids is 1. The molecule has 3 rings (SSSR count). The molecule has 3 aromatic carbocycles. The van der Waals surface area contributed by atoms with E-state index in [1.54, 1.807) is 66.7 Å². The van der Waals surface area contributed by atoms with E-state index < -0.39 is 17.9 Å². The Morgan fingerprint density at radius 2 is 1.37 bits per heavy atom. The van der Waals surface area contributed by atoms with Crippen LogP contribution in [0.3, 0.4) is 0 Å². The Hall–Kier alpha value is -2.77. The Kier molecular flexibility index (Phi) is 7.18. The summed E-state index contributed by atoms with van der Waals surface area (Å²) in [4.78, 5) is 36.7. The molecule has 0 heterocycles. The summed E-state index contributed by atoms with van der Waals surface area (Å²) in [5, 5.41) is 12.1. The second kappa shape index (κ2) is 9.82. The van der Waals surface area contributed by atoms with Crippen molar-refractivity contribution < 1.29 is 19.5 Å². The maximum atomic E-state index is 12.5.